The minimum absolute atomic E-state index is 0.0494. The maximum Gasteiger partial charge on any atom is 0.308 e. The van der Waals surface area contributed by atoms with Crippen LogP contribution in [0, 0.1) is 12.8 Å². The quantitative estimate of drug-likeness (QED) is 0.847. The summed E-state index contributed by atoms with van der Waals surface area (Å²) in [5.41, 5.74) is 1.13. The number of benzene rings is 1. The number of hydrogen-bond donors (Lipinski definition) is 1. The molecule has 0 unspecified atom stereocenters. The Bertz CT molecular complexity index is 590. The van der Waals surface area contributed by atoms with Crippen LogP contribution in [0.1, 0.15) is 31.7 Å². The predicted molar refractivity (Wildman–Crippen MR) is 90.5 cm³/mol. The molecule has 1 N–H and O–H groups in total. The molecule has 1 aromatic carbocycles. The molecule has 1 heterocycles. The number of aliphatic carboxylic acids is 1. The summed E-state index contributed by atoms with van der Waals surface area (Å²) in [4.78, 5) is 25.3. The lowest BCUT2D eigenvalue weighted by molar-refractivity contribution is -0.149. The Kier molecular flexibility index (Phi) is 6.04. The summed E-state index contributed by atoms with van der Waals surface area (Å²) in [6.07, 6.45) is 1.61. The number of hydrogen-bond acceptors (Lipinski definition) is 3. The summed E-state index contributed by atoms with van der Waals surface area (Å²) in [5.74, 6) is -0.639. The minimum atomic E-state index is -0.824. The number of aryl methyl sites for hydroxylation is 1. The Morgan fingerprint density at radius 1 is 1.43 bits per heavy atom. The van der Waals surface area contributed by atoms with Crippen LogP contribution in [-0.4, -0.2) is 41.1 Å². The molecule has 2 rings (SSSR count). The van der Waals surface area contributed by atoms with E-state index >= 15 is 0 Å². The number of amides is 1. The molecule has 5 nitrogen and oxygen atoms in total. The van der Waals surface area contributed by atoms with Gasteiger partial charge in [-0.05, 0) is 60.3 Å². The summed E-state index contributed by atoms with van der Waals surface area (Å²) in [7, 11) is 0. The molecule has 0 radical (unpaired) electrons. The van der Waals surface area contributed by atoms with Crippen molar-refractivity contribution < 1.29 is 19.4 Å². The van der Waals surface area contributed by atoms with Crippen molar-refractivity contribution in [2.75, 3.05) is 13.2 Å². The van der Waals surface area contributed by atoms with Crippen LogP contribution in [0.15, 0.2) is 22.7 Å². The zero-order valence-electron chi connectivity index (χ0n) is 13.4. The highest BCUT2D eigenvalue weighted by Gasteiger charge is 2.34. The monoisotopic (exact) mass is 383 g/mol. The predicted octanol–water partition coefficient (Wildman–Crippen LogP) is 3.24. The van der Waals surface area contributed by atoms with Crippen molar-refractivity contribution in [3.05, 3.63) is 28.2 Å². The maximum absolute atomic E-state index is 12.3. The Morgan fingerprint density at radius 3 is 2.83 bits per heavy atom. The van der Waals surface area contributed by atoms with Gasteiger partial charge in [0, 0.05) is 12.6 Å². The van der Waals surface area contributed by atoms with Crippen LogP contribution in [0.3, 0.4) is 0 Å². The second kappa shape index (κ2) is 7.81. The maximum atomic E-state index is 12.3. The lowest BCUT2D eigenvalue weighted by atomic mass is 9.90. The first kappa shape index (κ1) is 17.8. The SMILES string of the molecule is Cc1ccc(OCCC(=O)N2CCC[C@@H](C(=O)O)[C@H]2C)c(Br)c1. The van der Waals surface area contributed by atoms with Gasteiger partial charge in [-0.25, -0.2) is 0 Å². The van der Waals surface area contributed by atoms with Crippen molar-refractivity contribution in [2.45, 2.75) is 39.2 Å². The number of carbonyl (C=O) groups is 2. The van der Waals surface area contributed by atoms with E-state index in [1.807, 2.05) is 32.0 Å². The standard InChI is InChI=1S/C17H22BrNO4/c1-11-5-6-15(14(18)10-11)23-9-7-16(20)19-8-3-4-13(12(19)2)17(21)22/h5-6,10,12-13H,3-4,7-9H2,1-2H3,(H,21,22)/t12-,13-/m1/s1. The van der Waals surface area contributed by atoms with Crippen LogP contribution in [-0.2, 0) is 9.59 Å². The van der Waals surface area contributed by atoms with Crippen molar-refractivity contribution in [3.8, 4) is 5.75 Å². The summed E-state index contributed by atoms with van der Waals surface area (Å²) in [6.45, 7) is 4.71. The number of ether oxygens (including phenoxy) is 1. The van der Waals surface area contributed by atoms with Gasteiger partial charge in [0.25, 0.3) is 0 Å². The Hall–Kier alpha value is -1.56. The molecule has 0 saturated carbocycles. The molecule has 23 heavy (non-hydrogen) atoms. The number of rotatable bonds is 5. The zero-order chi connectivity index (χ0) is 17.0. The van der Waals surface area contributed by atoms with E-state index in [4.69, 9.17) is 4.74 Å². The second-order valence-corrected chi connectivity index (χ2v) is 6.80. The van der Waals surface area contributed by atoms with Gasteiger partial charge in [-0.1, -0.05) is 6.07 Å². The fraction of sp³-hybridized carbons (Fsp3) is 0.529. The topological polar surface area (TPSA) is 66.8 Å². The van der Waals surface area contributed by atoms with Gasteiger partial charge in [-0.15, -0.1) is 0 Å². The first-order valence-electron chi connectivity index (χ1n) is 7.81. The van der Waals surface area contributed by atoms with E-state index in [0.717, 1.165) is 16.5 Å². The number of likely N-dealkylation sites (tertiary alicyclic amines) is 1. The van der Waals surface area contributed by atoms with Crippen molar-refractivity contribution in [1.82, 2.24) is 4.90 Å². The van der Waals surface area contributed by atoms with E-state index in [1.54, 1.807) is 4.90 Å². The zero-order valence-corrected chi connectivity index (χ0v) is 15.0. The Labute approximate surface area is 144 Å². The smallest absolute Gasteiger partial charge is 0.308 e. The summed E-state index contributed by atoms with van der Waals surface area (Å²) >= 11 is 3.44. The molecular formula is C17H22BrNO4. The molecule has 0 bridgehead atoms. The third kappa shape index (κ3) is 4.47. The third-order valence-corrected chi connectivity index (χ3v) is 4.91. The lowest BCUT2D eigenvalue weighted by Crippen LogP contribution is -2.49. The van der Waals surface area contributed by atoms with Crippen LogP contribution in [0.25, 0.3) is 0 Å². The average Bonchev–Trinajstić information content (AvgIpc) is 2.49. The summed E-state index contributed by atoms with van der Waals surface area (Å²) < 4.78 is 6.52. The van der Waals surface area contributed by atoms with Gasteiger partial charge >= 0.3 is 5.97 Å². The van der Waals surface area contributed by atoms with Crippen molar-refractivity contribution in [3.63, 3.8) is 0 Å². The Balaban J connectivity index is 1.88. The fourth-order valence-electron chi connectivity index (χ4n) is 2.94. The molecule has 1 amide bonds. The number of carboxylic acids is 1. The van der Waals surface area contributed by atoms with E-state index in [0.29, 0.717) is 18.7 Å². The molecule has 0 aliphatic carbocycles. The van der Waals surface area contributed by atoms with Gasteiger partial charge in [0.2, 0.25) is 5.91 Å². The highest BCUT2D eigenvalue weighted by Crippen LogP contribution is 2.27. The summed E-state index contributed by atoms with van der Waals surface area (Å²) in [6, 6.07) is 5.52. The number of carboxylic acid groups (broad SMARTS) is 1. The van der Waals surface area contributed by atoms with E-state index in [9.17, 15) is 14.7 Å². The van der Waals surface area contributed by atoms with E-state index in [-0.39, 0.29) is 25.0 Å². The van der Waals surface area contributed by atoms with E-state index in [1.165, 1.54) is 0 Å². The number of piperidine rings is 1. The molecule has 1 aliphatic heterocycles. The van der Waals surface area contributed by atoms with Crippen molar-refractivity contribution >= 4 is 27.8 Å². The summed E-state index contributed by atoms with van der Waals surface area (Å²) in [5, 5.41) is 9.22. The van der Waals surface area contributed by atoms with Crippen molar-refractivity contribution in [1.29, 1.82) is 0 Å². The second-order valence-electron chi connectivity index (χ2n) is 5.95. The van der Waals surface area contributed by atoms with Crippen molar-refractivity contribution in [2.24, 2.45) is 5.92 Å². The molecule has 1 fully saturated rings. The normalized spacial score (nSPS) is 21.1. The van der Waals surface area contributed by atoms with Gasteiger partial charge in [-0.3, -0.25) is 9.59 Å². The lowest BCUT2D eigenvalue weighted by Gasteiger charge is -2.37. The van der Waals surface area contributed by atoms with E-state index < -0.39 is 11.9 Å². The van der Waals surface area contributed by atoms with Crippen LogP contribution < -0.4 is 4.74 Å². The highest BCUT2D eigenvalue weighted by molar-refractivity contribution is 9.10. The first-order chi connectivity index (χ1) is 10.9. The average molecular weight is 384 g/mol. The van der Waals surface area contributed by atoms with Gasteiger partial charge in [0.05, 0.1) is 23.4 Å². The van der Waals surface area contributed by atoms with Gasteiger partial charge in [0.1, 0.15) is 5.75 Å². The largest absolute Gasteiger partial charge is 0.492 e. The number of nitrogens with zero attached hydrogens (tertiary/aromatic N) is 1. The van der Waals surface area contributed by atoms with E-state index in [2.05, 4.69) is 15.9 Å². The fourth-order valence-corrected chi connectivity index (χ4v) is 3.55. The molecule has 1 aliphatic rings. The number of halogens is 1. The molecule has 0 spiro atoms. The van der Waals surface area contributed by atoms with Gasteiger partial charge in [0.15, 0.2) is 0 Å². The van der Waals surface area contributed by atoms with Crippen LogP contribution >= 0.6 is 15.9 Å². The first-order valence-corrected chi connectivity index (χ1v) is 8.60. The Morgan fingerprint density at radius 2 is 2.17 bits per heavy atom. The molecule has 6 heteroatoms. The molecule has 1 aromatic rings. The van der Waals surface area contributed by atoms with Crippen LogP contribution in [0.2, 0.25) is 0 Å². The highest BCUT2D eigenvalue weighted by atomic mass is 79.9. The minimum Gasteiger partial charge on any atom is -0.492 e. The van der Waals surface area contributed by atoms with Crippen LogP contribution in [0.4, 0.5) is 0 Å². The molecule has 2 atom stereocenters. The van der Waals surface area contributed by atoms with Gasteiger partial charge < -0.3 is 14.7 Å². The molecule has 0 aromatic heterocycles. The number of carbonyl (C=O) groups excluding carboxylic acids is 1. The molecule has 1 saturated heterocycles. The molecule has 126 valence electrons. The molecular weight excluding hydrogens is 362 g/mol. The van der Waals surface area contributed by atoms with Crippen LogP contribution in [0.5, 0.6) is 5.75 Å². The van der Waals surface area contributed by atoms with Gasteiger partial charge in [-0.2, -0.15) is 0 Å². The third-order valence-electron chi connectivity index (χ3n) is 4.29.